The Labute approximate surface area is 124 Å². The Morgan fingerprint density at radius 2 is 1.43 bits per heavy atom. The second kappa shape index (κ2) is 5.30. The highest BCUT2D eigenvalue weighted by molar-refractivity contribution is 6.09. The van der Waals surface area contributed by atoms with Gasteiger partial charge in [0.15, 0.2) is 0 Å². The summed E-state index contributed by atoms with van der Waals surface area (Å²) in [5.41, 5.74) is 15.9. The van der Waals surface area contributed by atoms with Crippen LogP contribution in [0.5, 0.6) is 0 Å². The van der Waals surface area contributed by atoms with E-state index in [1.165, 1.54) is 21.8 Å². The average molecular weight is 282 g/mol. The zero-order valence-electron chi connectivity index (χ0n) is 12.6. The van der Waals surface area contributed by atoms with Crippen molar-refractivity contribution in [3.63, 3.8) is 0 Å². The number of nitrogens with zero attached hydrogens (tertiary/aromatic N) is 2. The zero-order chi connectivity index (χ0) is 15.0. The Balaban J connectivity index is 2.15. The summed E-state index contributed by atoms with van der Waals surface area (Å²) in [4.78, 5) is 2.21. The lowest BCUT2D eigenvalue weighted by atomic mass is 10.1. The highest BCUT2D eigenvalue weighted by Crippen LogP contribution is 2.31. The molecule has 0 spiro atoms. The highest BCUT2D eigenvalue weighted by atomic mass is 15.1. The summed E-state index contributed by atoms with van der Waals surface area (Å²) in [5.74, 6) is 0. The molecule has 21 heavy (non-hydrogen) atoms. The first-order valence-electron chi connectivity index (χ1n) is 7.28. The molecule has 2 aromatic carbocycles. The van der Waals surface area contributed by atoms with Crippen molar-refractivity contribution >= 4 is 33.2 Å². The van der Waals surface area contributed by atoms with Gasteiger partial charge in [-0.1, -0.05) is 0 Å². The van der Waals surface area contributed by atoms with Crippen molar-refractivity contribution in [2.24, 2.45) is 0 Å². The second-order valence-electron chi connectivity index (χ2n) is 5.86. The lowest BCUT2D eigenvalue weighted by Gasteiger charge is -2.11. The molecule has 0 amide bonds. The third kappa shape index (κ3) is 2.54. The van der Waals surface area contributed by atoms with Gasteiger partial charge in [0.05, 0.1) is 0 Å². The van der Waals surface area contributed by atoms with Crippen molar-refractivity contribution in [1.29, 1.82) is 0 Å². The van der Waals surface area contributed by atoms with Crippen LogP contribution in [-0.2, 0) is 6.54 Å². The van der Waals surface area contributed by atoms with E-state index in [9.17, 15) is 0 Å². The van der Waals surface area contributed by atoms with Gasteiger partial charge in [-0.25, -0.2) is 0 Å². The van der Waals surface area contributed by atoms with Crippen LogP contribution in [0, 0.1) is 0 Å². The lowest BCUT2D eigenvalue weighted by Crippen LogP contribution is -2.15. The van der Waals surface area contributed by atoms with E-state index in [0.29, 0.717) is 0 Å². The molecule has 1 heterocycles. The molecule has 3 aromatic rings. The van der Waals surface area contributed by atoms with Crippen molar-refractivity contribution in [2.75, 3.05) is 32.1 Å². The van der Waals surface area contributed by atoms with Gasteiger partial charge in [-0.15, -0.1) is 0 Å². The van der Waals surface area contributed by atoms with Gasteiger partial charge >= 0.3 is 0 Å². The molecule has 0 aliphatic carbocycles. The molecule has 0 atom stereocenters. The van der Waals surface area contributed by atoms with Crippen LogP contribution in [0.3, 0.4) is 0 Å². The number of anilines is 2. The zero-order valence-corrected chi connectivity index (χ0v) is 12.6. The minimum absolute atomic E-state index is 0.789. The Morgan fingerprint density at radius 1 is 0.905 bits per heavy atom. The van der Waals surface area contributed by atoms with Gasteiger partial charge in [0.2, 0.25) is 0 Å². The molecule has 0 aliphatic rings. The molecule has 0 fully saturated rings. The predicted octanol–water partition coefficient (Wildman–Crippen LogP) is 2.91. The maximum Gasteiger partial charge on any atom is 0.0492 e. The smallest absolute Gasteiger partial charge is 0.0492 e. The Morgan fingerprint density at radius 3 is 1.90 bits per heavy atom. The molecule has 0 aliphatic heterocycles. The predicted molar refractivity (Wildman–Crippen MR) is 91.4 cm³/mol. The van der Waals surface area contributed by atoms with E-state index in [0.717, 1.165) is 30.9 Å². The van der Waals surface area contributed by atoms with Crippen LogP contribution in [0.1, 0.15) is 6.42 Å². The summed E-state index contributed by atoms with van der Waals surface area (Å²) in [6, 6.07) is 12.2. The number of fused-ring (bicyclic) bond motifs is 3. The molecule has 4 heteroatoms. The molecule has 4 N–H and O–H groups in total. The fourth-order valence-electron chi connectivity index (χ4n) is 2.93. The van der Waals surface area contributed by atoms with Crippen LogP contribution in [0.15, 0.2) is 36.4 Å². The Hall–Kier alpha value is -2.20. The first-order valence-corrected chi connectivity index (χ1v) is 7.28. The van der Waals surface area contributed by atoms with E-state index in [2.05, 4.69) is 35.7 Å². The van der Waals surface area contributed by atoms with E-state index in [1.807, 2.05) is 24.3 Å². The SMILES string of the molecule is CN(C)CCCn1c2ccc(N)cc2c2cc(N)ccc21. The summed E-state index contributed by atoms with van der Waals surface area (Å²) >= 11 is 0. The van der Waals surface area contributed by atoms with Gasteiger partial charge in [0.25, 0.3) is 0 Å². The topological polar surface area (TPSA) is 60.2 Å². The Kier molecular flexibility index (Phi) is 3.47. The number of aromatic nitrogens is 1. The molecule has 0 unspecified atom stereocenters. The maximum atomic E-state index is 5.95. The van der Waals surface area contributed by atoms with E-state index in [-0.39, 0.29) is 0 Å². The lowest BCUT2D eigenvalue weighted by molar-refractivity contribution is 0.389. The molecule has 0 saturated carbocycles. The fourth-order valence-corrected chi connectivity index (χ4v) is 2.93. The standard InChI is InChI=1S/C17H22N4/c1-20(2)8-3-9-21-16-6-4-12(18)10-14(16)15-11-13(19)5-7-17(15)21/h4-7,10-11H,3,8-9,18-19H2,1-2H3. The molecule has 4 nitrogen and oxygen atoms in total. The first kappa shape index (κ1) is 13.8. The van der Waals surface area contributed by atoms with E-state index in [4.69, 9.17) is 11.5 Å². The third-order valence-electron chi connectivity index (χ3n) is 3.90. The number of hydrogen-bond acceptors (Lipinski definition) is 3. The largest absolute Gasteiger partial charge is 0.399 e. The molecule has 0 saturated heterocycles. The highest BCUT2D eigenvalue weighted by Gasteiger charge is 2.11. The Bertz CT molecular complexity index is 727. The average Bonchev–Trinajstić information content (AvgIpc) is 2.72. The normalized spacial score (nSPS) is 11.8. The maximum absolute atomic E-state index is 5.95. The van der Waals surface area contributed by atoms with Gasteiger partial charge in [0.1, 0.15) is 0 Å². The number of aryl methyl sites for hydroxylation is 1. The molecule has 110 valence electrons. The van der Waals surface area contributed by atoms with Gasteiger partial charge in [-0.05, 0) is 63.5 Å². The van der Waals surface area contributed by atoms with Crippen molar-refractivity contribution in [1.82, 2.24) is 9.47 Å². The van der Waals surface area contributed by atoms with Crippen LogP contribution in [-0.4, -0.2) is 30.1 Å². The van der Waals surface area contributed by atoms with E-state index < -0.39 is 0 Å². The fraction of sp³-hybridized carbons (Fsp3) is 0.294. The number of nitrogens with two attached hydrogens (primary N) is 2. The van der Waals surface area contributed by atoms with Gasteiger partial charge in [-0.3, -0.25) is 0 Å². The van der Waals surface area contributed by atoms with Crippen LogP contribution in [0.2, 0.25) is 0 Å². The van der Waals surface area contributed by atoms with E-state index in [1.54, 1.807) is 0 Å². The molecular formula is C17H22N4. The summed E-state index contributed by atoms with van der Waals surface area (Å²) in [7, 11) is 4.21. The third-order valence-corrected chi connectivity index (χ3v) is 3.90. The quantitative estimate of drug-likeness (QED) is 0.723. The van der Waals surface area contributed by atoms with Crippen LogP contribution in [0.25, 0.3) is 21.8 Å². The minimum Gasteiger partial charge on any atom is -0.399 e. The monoisotopic (exact) mass is 282 g/mol. The van der Waals surface area contributed by atoms with Crippen molar-refractivity contribution in [2.45, 2.75) is 13.0 Å². The molecule has 0 radical (unpaired) electrons. The van der Waals surface area contributed by atoms with Gasteiger partial charge in [0, 0.05) is 39.7 Å². The minimum atomic E-state index is 0.789. The second-order valence-corrected chi connectivity index (χ2v) is 5.86. The number of nitrogen functional groups attached to an aromatic ring is 2. The van der Waals surface area contributed by atoms with E-state index >= 15 is 0 Å². The summed E-state index contributed by atoms with van der Waals surface area (Å²) < 4.78 is 2.37. The van der Waals surface area contributed by atoms with Crippen molar-refractivity contribution < 1.29 is 0 Å². The van der Waals surface area contributed by atoms with Crippen molar-refractivity contribution in [3.8, 4) is 0 Å². The van der Waals surface area contributed by atoms with Gasteiger partial charge < -0.3 is 20.9 Å². The summed E-state index contributed by atoms with van der Waals surface area (Å²) in [6.45, 7) is 2.07. The van der Waals surface area contributed by atoms with Crippen LogP contribution >= 0.6 is 0 Å². The summed E-state index contributed by atoms with van der Waals surface area (Å²) in [5, 5.41) is 2.37. The summed E-state index contributed by atoms with van der Waals surface area (Å²) in [6.07, 6.45) is 1.11. The molecule has 0 bridgehead atoms. The number of benzene rings is 2. The molecule has 1 aromatic heterocycles. The molecular weight excluding hydrogens is 260 g/mol. The van der Waals surface area contributed by atoms with Crippen molar-refractivity contribution in [3.05, 3.63) is 36.4 Å². The first-order chi connectivity index (χ1) is 10.1. The number of rotatable bonds is 4. The molecule has 3 rings (SSSR count). The number of hydrogen-bond donors (Lipinski definition) is 2. The van der Waals surface area contributed by atoms with Crippen LogP contribution < -0.4 is 11.5 Å². The van der Waals surface area contributed by atoms with Crippen LogP contribution in [0.4, 0.5) is 11.4 Å². The van der Waals surface area contributed by atoms with Gasteiger partial charge in [-0.2, -0.15) is 0 Å².